The van der Waals surface area contributed by atoms with Crippen LogP contribution in [-0.2, 0) is 19.1 Å². The third-order valence-electron chi connectivity index (χ3n) is 5.83. The fraction of sp³-hybridized carbons (Fsp3) is 0.250. The number of esters is 1. The van der Waals surface area contributed by atoms with Crippen LogP contribution in [0, 0.1) is 0 Å². The summed E-state index contributed by atoms with van der Waals surface area (Å²) in [5.41, 5.74) is 2.25. The number of likely N-dealkylation sites (N-methyl/N-ethyl adjacent to an activating group) is 1. The zero-order chi connectivity index (χ0) is 24.0. The number of methoxy groups -OCH3 is 1. The Morgan fingerprint density at radius 2 is 1.94 bits per heavy atom. The minimum Gasteiger partial charge on any atom is -0.460 e. The molecule has 10 heteroatoms. The summed E-state index contributed by atoms with van der Waals surface area (Å²) in [5, 5.41) is 1.89. The molecule has 8 nitrogen and oxygen atoms in total. The largest absolute Gasteiger partial charge is 0.460 e. The molecular formula is C24H21N3O5S2. The predicted octanol–water partition coefficient (Wildman–Crippen LogP) is 1.83. The van der Waals surface area contributed by atoms with Gasteiger partial charge in [-0.1, -0.05) is 35.6 Å². The van der Waals surface area contributed by atoms with Crippen molar-refractivity contribution >= 4 is 45.8 Å². The highest BCUT2D eigenvalue weighted by molar-refractivity contribution is 7.10. The first-order valence-electron chi connectivity index (χ1n) is 10.6. The standard InChI is InChI=1S/C24H21N3O5S2/c1-13-17(23(30)32-11-10-31-3)19(16-9-6-12-33-16)27-22(29)20(34-24(27)25-13)18-14-7-4-5-8-15(14)26(2)21(18)28/h4-9,12,19H,10-11H2,1-3H3. The smallest absolute Gasteiger partial charge is 0.338 e. The van der Waals surface area contributed by atoms with Crippen LogP contribution in [0.25, 0.3) is 5.57 Å². The molecule has 34 heavy (non-hydrogen) atoms. The topological polar surface area (TPSA) is 90.2 Å². The second-order valence-electron chi connectivity index (χ2n) is 7.80. The molecule has 2 aliphatic heterocycles. The van der Waals surface area contributed by atoms with Gasteiger partial charge in [-0.15, -0.1) is 11.3 Å². The Hall–Kier alpha value is -3.34. The van der Waals surface area contributed by atoms with Gasteiger partial charge in [0.25, 0.3) is 11.5 Å². The molecule has 1 unspecified atom stereocenters. The minimum absolute atomic E-state index is 0.0927. The second kappa shape index (κ2) is 8.79. The van der Waals surface area contributed by atoms with E-state index in [4.69, 9.17) is 9.47 Å². The highest BCUT2D eigenvalue weighted by atomic mass is 32.1. The van der Waals surface area contributed by atoms with Gasteiger partial charge in [0.2, 0.25) is 0 Å². The van der Waals surface area contributed by atoms with Crippen molar-refractivity contribution in [1.82, 2.24) is 4.57 Å². The number of fused-ring (bicyclic) bond motifs is 2. The number of thiazole rings is 1. The number of ether oxygens (including phenoxy) is 2. The highest BCUT2D eigenvalue weighted by Crippen LogP contribution is 2.35. The van der Waals surface area contributed by atoms with Crippen LogP contribution in [0.2, 0.25) is 0 Å². The van der Waals surface area contributed by atoms with Gasteiger partial charge in [-0.3, -0.25) is 14.2 Å². The first-order chi connectivity index (χ1) is 16.4. The third-order valence-corrected chi connectivity index (χ3v) is 7.81. The fourth-order valence-corrected chi connectivity index (χ4v) is 6.19. The van der Waals surface area contributed by atoms with Gasteiger partial charge in [0.1, 0.15) is 17.2 Å². The number of thiophene rings is 1. The summed E-state index contributed by atoms with van der Waals surface area (Å²) < 4.78 is 12.2. The Morgan fingerprint density at radius 1 is 1.15 bits per heavy atom. The lowest BCUT2D eigenvalue weighted by Gasteiger charge is -2.23. The van der Waals surface area contributed by atoms with Crippen LogP contribution in [0.4, 0.5) is 5.69 Å². The van der Waals surface area contributed by atoms with Gasteiger partial charge in [-0.05, 0) is 24.4 Å². The third kappa shape index (κ3) is 3.46. The van der Waals surface area contributed by atoms with Gasteiger partial charge in [-0.2, -0.15) is 0 Å². The molecule has 0 N–H and O–H groups in total. The molecule has 2 aromatic heterocycles. The summed E-state index contributed by atoms with van der Waals surface area (Å²) in [6.07, 6.45) is 0. The molecule has 0 spiro atoms. The molecule has 4 heterocycles. The van der Waals surface area contributed by atoms with Gasteiger partial charge < -0.3 is 14.4 Å². The Kier molecular flexibility index (Phi) is 5.80. The zero-order valence-electron chi connectivity index (χ0n) is 18.7. The number of nitrogens with zero attached hydrogens (tertiary/aromatic N) is 3. The molecule has 174 valence electrons. The first kappa shape index (κ1) is 22.5. The number of para-hydroxylation sites is 1. The lowest BCUT2D eigenvalue weighted by atomic mass is 10.0. The molecule has 1 amide bonds. The van der Waals surface area contributed by atoms with E-state index in [0.29, 0.717) is 31.7 Å². The van der Waals surface area contributed by atoms with E-state index >= 15 is 0 Å². The molecule has 0 radical (unpaired) electrons. The number of carbonyl (C=O) groups excluding carboxylic acids is 2. The molecule has 0 saturated heterocycles. The summed E-state index contributed by atoms with van der Waals surface area (Å²) in [5.74, 6) is -0.786. The van der Waals surface area contributed by atoms with E-state index in [9.17, 15) is 14.4 Å². The van der Waals surface area contributed by atoms with Crippen LogP contribution < -0.4 is 19.8 Å². The molecule has 2 aliphatic rings. The quantitative estimate of drug-likeness (QED) is 0.398. The van der Waals surface area contributed by atoms with Crippen LogP contribution in [0.15, 0.2) is 62.8 Å². The molecule has 0 saturated carbocycles. The number of hydrogen-bond donors (Lipinski definition) is 0. The Balaban J connectivity index is 1.74. The summed E-state index contributed by atoms with van der Waals surface area (Å²) in [6.45, 7) is 2.09. The van der Waals surface area contributed by atoms with Crippen molar-refractivity contribution in [3.05, 3.63) is 83.2 Å². The van der Waals surface area contributed by atoms with E-state index in [1.165, 1.54) is 34.4 Å². The van der Waals surface area contributed by atoms with E-state index in [0.717, 1.165) is 10.6 Å². The number of hydrogen-bond acceptors (Lipinski definition) is 8. The highest BCUT2D eigenvalue weighted by Gasteiger charge is 2.36. The summed E-state index contributed by atoms with van der Waals surface area (Å²) in [7, 11) is 3.22. The van der Waals surface area contributed by atoms with Crippen molar-refractivity contribution in [3.63, 3.8) is 0 Å². The average Bonchev–Trinajstić information content (AvgIpc) is 3.52. The van der Waals surface area contributed by atoms with Gasteiger partial charge >= 0.3 is 5.97 Å². The molecule has 3 aromatic rings. The summed E-state index contributed by atoms with van der Waals surface area (Å²) in [4.78, 5) is 47.4. The van der Waals surface area contributed by atoms with Gasteiger partial charge in [0, 0.05) is 24.6 Å². The lowest BCUT2D eigenvalue weighted by molar-refractivity contribution is -0.140. The molecule has 0 fully saturated rings. The molecule has 1 aromatic carbocycles. The number of benzene rings is 1. The van der Waals surface area contributed by atoms with Gasteiger partial charge in [0.05, 0.1) is 29.1 Å². The van der Waals surface area contributed by atoms with E-state index in [-0.39, 0.29) is 24.7 Å². The van der Waals surface area contributed by atoms with E-state index in [1.807, 2.05) is 41.8 Å². The monoisotopic (exact) mass is 495 g/mol. The van der Waals surface area contributed by atoms with Crippen molar-refractivity contribution in [2.75, 3.05) is 32.3 Å². The van der Waals surface area contributed by atoms with Crippen LogP contribution in [0.3, 0.4) is 0 Å². The van der Waals surface area contributed by atoms with Crippen LogP contribution >= 0.6 is 22.7 Å². The Bertz CT molecular complexity index is 1510. The number of rotatable bonds is 5. The van der Waals surface area contributed by atoms with Crippen molar-refractivity contribution in [1.29, 1.82) is 0 Å². The van der Waals surface area contributed by atoms with Crippen molar-refractivity contribution < 1.29 is 19.1 Å². The molecule has 0 aliphatic carbocycles. The molecule has 5 rings (SSSR count). The predicted molar refractivity (Wildman–Crippen MR) is 130 cm³/mol. The van der Waals surface area contributed by atoms with E-state index in [1.54, 1.807) is 18.9 Å². The molecule has 1 atom stereocenters. The number of allylic oxidation sites excluding steroid dienone is 1. The summed E-state index contributed by atoms with van der Waals surface area (Å²) in [6, 6.07) is 10.4. The lowest BCUT2D eigenvalue weighted by Crippen LogP contribution is -2.40. The fourth-order valence-electron chi connectivity index (χ4n) is 4.23. The number of anilines is 1. The second-order valence-corrected chi connectivity index (χ2v) is 9.76. The molecule has 0 bridgehead atoms. The van der Waals surface area contributed by atoms with E-state index < -0.39 is 12.0 Å². The normalized spacial score (nSPS) is 18.6. The SMILES string of the molecule is COCCOC(=O)C1=C(C)N=c2sc(=C3C(=O)N(C)c4ccccc43)c(=O)n2C1c1cccs1. The van der Waals surface area contributed by atoms with Crippen molar-refractivity contribution in [2.45, 2.75) is 13.0 Å². The maximum Gasteiger partial charge on any atom is 0.338 e. The van der Waals surface area contributed by atoms with Gasteiger partial charge in [-0.25, -0.2) is 9.79 Å². The van der Waals surface area contributed by atoms with Crippen molar-refractivity contribution in [2.24, 2.45) is 4.99 Å². The van der Waals surface area contributed by atoms with Crippen molar-refractivity contribution in [3.8, 4) is 0 Å². The number of carbonyl (C=O) groups is 2. The van der Waals surface area contributed by atoms with E-state index in [2.05, 4.69) is 4.99 Å². The average molecular weight is 496 g/mol. The molecular weight excluding hydrogens is 474 g/mol. The number of amides is 1. The minimum atomic E-state index is -0.690. The Labute approximate surface area is 202 Å². The number of aromatic nitrogens is 1. The summed E-state index contributed by atoms with van der Waals surface area (Å²) >= 11 is 2.61. The van der Waals surface area contributed by atoms with Crippen LogP contribution in [-0.4, -0.2) is 43.8 Å². The first-order valence-corrected chi connectivity index (χ1v) is 12.3. The maximum atomic E-state index is 13.8. The van der Waals surface area contributed by atoms with Crippen LogP contribution in [0.5, 0.6) is 0 Å². The maximum absolute atomic E-state index is 13.8. The zero-order valence-corrected chi connectivity index (χ0v) is 20.4. The van der Waals surface area contributed by atoms with Gasteiger partial charge in [0.15, 0.2) is 4.80 Å². The van der Waals surface area contributed by atoms with Crippen LogP contribution in [0.1, 0.15) is 23.4 Å². The Morgan fingerprint density at radius 3 is 2.68 bits per heavy atom.